The van der Waals surface area contributed by atoms with E-state index in [2.05, 4.69) is 22.4 Å². The highest BCUT2D eigenvalue weighted by Crippen LogP contribution is 2.19. The molecule has 0 saturated heterocycles. The van der Waals surface area contributed by atoms with Gasteiger partial charge in [0.05, 0.1) is 11.1 Å². The van der Waals surface area contributed by atoms with Crippen LogP contribution in [0.2, 0.25) is 0 Å². The maximum Gasteiger partial charge on any atom is 0.190 e. The molecule has 2 heterocycles. The first-order chi connectivity index (χ1) is 8.33. The van der Waals surface area contributed by atoms with Gasteiger partial charge in [-0.05, 0) is 34.5 Å². The fourth-order valence-electron chi connectivity index (χ4n) is 1.96. The van der Waals surface area contributed by atoms with Gasteiger partial charge in [0.25, 0.3) is 0 Å². The molecule has 5 heteroatoms. The van der Waals surface area contributed by atoms with Crippen LogP contribution in [0.1, 0.15) is 22.8 Å². The van der Waals surface area contributed by atoms with Crippen LogP contribution >= 0.6 is 0 Å². The molecule has 0 fully saturated rings. The molecular weight excluding hydrogens is 216 g/mol. The Kier molecular flexibility index (Phi) is 2.11. The van der Waals surface area contributed by atoms with Crippen LogP contribution in [-0.4, -0.2) is 26.3 Å². The molecule has 0 aliphatic carbocycles. The summed E-state index contributed by atoms with van der Waals surface area (Å²) in [6.45, 7) is 2.09. The summed E-state index contributed by atoms with van der Waals surface area (Å²) in [4.78, 5) is 11.0. The molecule has 0 aliphatic rings. The van der Waals surface area contributed by atoms with E-state index >= 15 is 0 Å². The Hall–Kier alpha value is -2.30. The van der Waals surface area contributed by atoms with Crippen LogP contribution in [0.4, 0.5) is 0 Å². The Morgan fingerprint density at radius 3 is 3.00 bits per heavy atom. The van der Waals surface area contributed by atoms with Crippen LogP contribution in [0.5, 0.6) is 0 Å². The summed E-state index contributed by atoms with van der Waals surface area (Å²) in [5.74, 6) is 0. The summed E-state index contributed by atoms with van der Waals surface area (Å²) in [7, 11) is 0. The number of carbonyl (C=O) groups is 1. The second-order valence-corrected chi connectivity index (χ2v) is 3.88. The third kappa shape index (κ3) is 1.39. The van der Waals surface area contributed by atoms with E-state index in [0.29, 0.717) is 11.2 Å². The number of benzene rings is 1. The average Bonchev–Trinajstić information content (AvgIpc) is 2.86. The van der Waals surface area contributed by atoms with Gasteiger partial charge < -0.3 is 0 Å². The van der Waals surface area contributed by atoms with Crippen molar-refractivity contribution in [3.63, 3.8) is 0 Å². The zero-order valence-corrected chi connectivity index (χ0v) is 9.29. The molecule has 0 unspecified atom stereocenters. The molecule has 0 N–H and O–H groups in total. The number of fused-ring (bicyclic) bond motifs is 3. The summed E-state index contributed by atoms with van der Waals surface area (Å²) < 4.78 is 1.61. The molecule has 3 rings (SSSR count). The molecular formula is C12H10N4O. The van der Waals surface area contributed by atoms with Crippen LogP contribution in [0.15, 0.2) is 24.3 Å². The van der Waals surface area contributed by atoms with Crippen LogP contribution < -0.4 is 0 Å². The topological polar surface area (TPSA) is 60.2 Å². The molecule has 0 atom stereocenters. The van der Waals surface area contributed by atoms with Gasteiger partial charge in [0.2, 0.25) is 0 Å². The molecule has 3 aromatic rings. The van der Waals surface area contributed by atoms with E-state index < -0.39 is 0 Å². The molecule has 0 spiro atoms. The fourth-order valence-corrected chi connectivity index (χ4v) is 1.96. The lowest BCUT2D eigenvalue weighted by atomic mass is 10.1. The minimum absolute atomic E-state index is 0.501. The summed E-state index contributed by atoms with van der Waals surface area (Å²) >= 11 is 0. The van der Waals surface area contributed by atoms with Crippen molar-refractivity contribution in [2.24, 2.45) is 0 Å². The fraction of sp³-hybridized carbons (Fsp3) is 0.167. The van der Waals surface area contributed by atoms with E-state index in [1.807, 2.05) is 24.3 Å². The lowest BCUT2D eigenvalue weighted by Gasteiger charge is -2.04. The molecule has 0 aliphatic heterocycles. The van der Waals surface area contributed by atoms with E-state index in [-0.39, 0.29) is 0 Å². The van der Waals surface area contributed by atoms with Crippen molar-refractivity contribution in [2.75, 3.05) is 0 Å². The van der Waals surface area contributed by atoms with E-state index in [0.717, 1.165) is 23.6 Å². The number of carbonyl (C=O) groups excluding carboxylic acids is 1. The Balaban J connectivity index is 2.49. The first-order valence-corrected chi connectivity index (χ1v) is 5.42. The highest BCUT2D eigenvalue weighted by Gasteiger charge is 2.09. The van der Waals surface area contributed by atoms with Gasteiger partial charge in [0, 0.05) is 5.39 Å². The zero-order chi connectivity index (χ0) is 11.8. The largest absolute Gasteiger partial charge is 0.298 e. The number of nitrogens with zero attached hydrogens (tertiary/aromatic N) is 4. The Morgan fingerprint density at radius 2 is 2.24 bits per heavy atom. The molecule has 0 saturated carbocycles. The van der Waals surface area contributed by atoms with Gasteiger partial charge in [-0.1, -0.05) is 19.1 Å². The normalized spacial score (nSPS) is 11.1. The lowest BCUT2D eigenvalue weighted by molar-refractivity contribution is 0.112. The summed E-state index contributed by atoms with van der Waals surface area (Å²) in [6.07, 6.45) is 1.73. The van der Waals surface area contributed by atoms with E-state index in [1.165, 1.54) is 5.56 Å². The lowest BCUT2D eigenvalue weighted by Crippen LogP contribution is -1.96. The Bertz CT molecular complexity index is 717. The first kappa shape index (κ1) is 9.89. The average molecular weight is 226 g/mol. The minimum atomic E-state index is 0.501. The van der Waals surface area contributed by atoms with Gasteiger partial charge in [-0.3, -0.25) is 4.79 Å². The zero-order valence-electron chi connectivity index (χ0n) is 9.29. The molecule has 2 aromatic heterocycles. The van der Waals surface area contributed by atoms with Crippen molar-refractivity contribution in [3.8, 4) is 0 Å². The van der Waals surface area contributed by atoms with Crippen LogP contribution in [0, 0.1) is 0 Å². The number of aromatic nitrogens is 4. The van der Waals surface area contributed by atoms with Crippen molar-refractivity contribution in [3.05, 3.63) is 35.4 Å². The van der Waals surface area contributed by atoms with Gasteiger partial charge >= 0.3 is 0 Å². The number of tetrazole rings is 1. The predicted molar refractivity (Wildman–Crippen MR) is 63.1 cm³/mol. The summed E-state index contributed by atoms with van der Waals surface area (Å²) in [5, 5.41) is 12.4. The first-order valence-electron chi connectivity index (χ1n) is 5.42. The quantitative estimate of drug-likeness (QED) is 0.623. The standard InChI is InChI=1S/C12H10N4O/c1-2-8-3-4-9-6-10(7-17)12-13-14-15-16(12)11(9)5-8/h3-7H,2H2,1H3. The molecule has 1 aromatic carbocycles. The van der Waals surface area contributed by atoms with E-state index in [1.54, 1.807) is 4.52 Å². The third-order valence-corrected chi connectivity index (χ3v) is 2.90. The Morgan fingerprint density at radius 1 is 1.35 bits per heavy atom. The number of aryl methyl sites for hydroxylation is 1. The van der Waals surface area contributed by atoms with E-state index in [4.69, 9.17) is 0 Å². The van der Waals surface area contributed by atoms with Crippen molar-refractivity contribution >= 4 is 22.8 Å². The van der Waals surface area contributed by atoms with Gasteiger partial charge in [-0.2, -0.15) is 4.52 Å². The third-order valence-electron chi connectivity index (χ3n) is 2.90. The minimum Gasteiger partial charge on any atom is -0.298 e. The Labute approximate surface area is 97.1 Å². The highest BCUT2D eigenvalue weighted by molar-refractivity contribution is 5.93. The number of aldehydes is 1. The van der Waals surface area contributed by atoms with Crippen molar-refractivity contribution in [1.82, 2.24) is 20.0 Å². The van der Waals surface area contributed by atoms with Gasteiger partial charge in [-0.25, -0.2) is 0 Å². The molecule has 84 valence electrons. The SMILES string of the molecule is CCc1ccc2cc(C=O)c3nnnn3c2c1. The maximum atomic E-state index is 11.0. The van der Waals surface area contributed by atoms with Crippen molar-refractivity contribution in [1.29, 1.82) is 0 Å². The van der Waals surface area contributed by atoms with Crippen LogP contribution in [0.3, 0.4) is 0 Å². The molecule has 0 radical (unpaired) electrons. The molecule has 17 heavy (non-hydrogen) atoms. The van der Waals surface area contributed by atoms with Crippen LogP contribution in [0.25, 0.3) is 16.6 Å². The smallest absolute Gasteiger partial charge is 0.190 e. The van der Waals surface area contributed by atoms with E-state index in [9.17, 15) is 4.79 Å². The molecule has 0 bridgehead atoms. The monoisotopic (exact) mass is 226 g/mol. The second-order valence-electron chi connectivity index (χ2n) is 3.88. The van der Waals surface area contributed by atoms with Crippen molar-refractivity contribution in [2.45, 2.75) is 13.3 Å². The second kappa shape index (κ2) is 3.62. The van der Waals surface area contributed by atoms with Crippen LogP contribution in [-0.2, 0) is 6.42 Å². The number of pyridine rings is 1. The van der Waals surface area contributed by atoms with Gasteiger partial charge in [0.1, 0.15) is 0 Å². The highest BCUT2D eigenvalue weighted by atomic mass is 16.1. The predicted octanol–water partition coefficient (Wildman–Crippen LogP) is 1.65. The summed E-state index contributed by atoms with van der Waals surface area (Å²) in [6, 6.07) is 7.90. The van der Waals surface area contributed by atoms with Crippen molar-refractivity contribution < 1.29 is 4.79 Å². The number of hydrogen-bond acceptors (Lipinski definition) is 4. The molecule has 5 nitrogen and oxygen atoms in total. The number of hydrogen-bond donors (Lipinski definition) is 0. The summed E-state index contributed by atoms with van der Waals surface area (Å²) in [5.41, 5.74) is 3.15. The van der Waals surface area contributed by atoms with Gasteiger partial charge in [0.15, 0.2) is 11.9 Å². The number of rotatable bonds is 2. The maximum absolute atomic E-state index is 11.0. The molecule has 0 amide bonds. The van der Waals surface area contributed by atoms with Gasteiger partial charge in [-0.15, -0.1) is 5.10 Å².